The third kappa shape index (κ3) is 4.57. The van der Waals surface area contributed by atoms with Crippen LogP contribution in [0.4, 0.5) is 5.69 Å². The number of ether oxygens (including phenoxy) is 1. The predicted molar refractivity (Wildman–Crippen MR) is 114 cm³/mol. The molecular weight excluding hydrogens is 382 g/mol. The van der Waals surface area contributed by atoms with Gasteiger partial charge in [-0.1, -0.05) is 0 Å². The van der Waals surface area contributed by atoms with Gasteiger partial charge in [0.2, 0.25) is 5.91 Å². The van der Waals surface area contributed by atoms with Crippen LogP contribution >= 0.6 is 0 Å². The van der Waals surface area contributed by atoms with E-state index in [1.54, 1.807) is 24.3 Å². The quantitative estimate of drug-likeness (QED) is 0.614. The maximum Gasteiger partial charge on any atom is 0.338 e. The van der Waals surface area contributed by atoms with Gasteiger partial charge in [0.25, 0.3) is 5.91 Å². The molecule has 1 heterocycles. The van der Waals surface area contributed by atoms with Gasteiger partial charge in [0.1, 0.15) is 0 Å². The fourth-order valence-corrected chi connectivity index (χ4v) is 3.07. The summed E-state index contributed by atoms with van der Waals surface area (Å²) in [6.07, 6.45) is -0.998. The molecule has 0 spiro atoms. The average Bonchev–Trinajstić information content (AvgIpc) is 3.06. The Balaban J connectivity index is 1.62. The van der Waals surface area contributed by atoms with Crippen molar-refractivity contribution in [2.45, 2.75) is 26.9 Å². The first-order valence-electron chi connectivity index (χ1n) is 9.43. The van der Waals surface area contributed by atoms with E-state index in [1.807, 2.05) is 38.1 Å². The first kappa shape index (κ1) is 20.9. The Morgan fingerprint density at radius 1 is 0.867 bits per heavy atom. The Morgan fingerprint density at radius 3 is 1.93 bits per heavy atom. The number of rotatable bonds is 6. The number of benzene rings is 2. The lowest BCUT2D eigenvalue weighted by Crippen LogP contribution is -2.30. The summed E-state index contributed by atoms with van der Waals surface area (Å²) in [6, 6.07) is 17.2. The first-order chi connectivity index (χ1) is 14.3. The molecule has 3 aromatic rings. The molecule has 0 aliphatic rings. The smallest absolute Gasteiger partial charge is 0.338 e. The molecule has 2 aromatic carbocycles. The fourth-order valence-electron chi connectivity index (χ4n) is 3.07. The predicted octanol–water partition coefficient (Wildman–Crippen LogP) is 3.38. The van der Waals surface area contributed by atoms with Crippen LogP contribution in [0, 0.1) is 13.8 Å². The monoisotopic (exact) mass is 405 g/mol. The minimum atomic E-state index is -0.998. The van der Waals surface area contributed by atoms with Crippen molar-refractivity contribution in [3.05, 3.63) is 83.2 Å². The van der Waals surface area contributed by atoms with Gasteiger partial charge >= 0.3 is 5.97 Å². The number of nitrogens with two attached hydrogens (primary N) is 1. The topological polar surface area (TPSA) is 103 Å². The number of hydrogen-bond acceptors (Lipinski definition) is 4. The maximum atomic E-state index is 12.4. The van der Waals surface area contributed by atoms with Gasteiger partial charge in [0, 0.05) is 28.3 Å². The van der Waals surface area contributed by atoms with Crippen LogP contribution in [0.3, 0.4) is 0 Å². The molecular formula is C23H23N3O4. The molecule has 1 unspecified atom stereocenters. The summed E-state index contributed by atoms with van der Waals surface area (Å²) in [6.45, 7) is 5.51. The summed E-state index contributed by atoms with van der Waals surface area (Å²) >= 11 is 0. The van der Waals surface area contributed by atoms with Crippen molar-refractivity contribution in [2.75, 3.05) is 5.32 Å². The largest absolute Gasteiger partial charge is 0.449 e. The van der Waals surface area contributed by atoms with E-state index < -0.39 is 23.9 Å². The van der Waals surface area contributed by atoms with Crippen molar-refractivity contribution in [1.29, 1.82) is 0 Å². The Bertz CT molecular complexity index is 1060. The minimum Gasteiger partial charge on any atom is -0.449 e. The van der Waals surface area contributed by atoms with Gasteiger partial charge in [-0.3, -0.25) is 9.59 Å². The Morgan fingerprint density at radius 2 is 1.40 bits per heavy atom. The van der Waals surface area contributed by atoms with Crippen molar-refractivity contribution in [2.24, 2.45) is 5.73 Å². The molecule has 0 bridgehead atoms. The number of nitrogens with zero attached hydrogens (tertiary/aromatic N) is 1. The Hall–Kier alpha value is -3.87. The lowest BCUT2D eigenvalue weighted by atomic mass is 10.2. The van der Waals surface area contributed by atoms with Crippen LogP contribution in [0.5, 0.6) is 0 Å². The number of carbonyl (C=O) groups excluding carboxylic acids is 3. The SMILES string of the molecule is Cc1ccc(C)n1-c1ccc(C(=O)OC(C)C(=O)Nc2ccc(C(N)=O)cc2)cc1. The molecule has 0 aliphatic carbocycles. The maximum absolute atomic E-state index is 12.4. The highest BCUT2D eigenvalue weighted by atomic mass is 16.5. The van der Waals surface area contributed by atoms with Crippen molar-refractivity contribution in [3.63, 3.8) is 0 Å². The summed E-state index contributed by atoms with van der Waals surface area (Å²) in [7, 11) is 0. The van der Waals surface area contributed by atoms with Gasteiger partial charge in [0.15, 0.2) is 6.10 Å². The van der Waals surface area contributed by atoms with Gasteiger partial charge < -0.3 is 20.4 Å². The molecule has 7 nitrogen and oxygen atoms in total. The van der Waals surface area contributed by atoms with Crippen molar-refractivity contribution in [3.8, 4) is 5.69 Å². The zero-order valence-electron chi connectivity index (χ0n) is 17.0. The number of carbonyl (C=O) groups is 3. The lowest BCUT2D eigenvalue weighted by molar-refractivity contribution is -0.123. The number of nitrogens with one attached hydrogen (secondary N) is 1. The molecule has 3 N–H and O–H groups in total. The van der Waals surface area contributed by atoms with E-state index in [2.05, 4.69) is 9.88 Å². The lowest BCUT2D eigenvalue weighted by Gasteiger charge is -2.14. The molecule has 0 aliphatic heterocycles. The molecule has 1 aromatic heterocycles. The van der Waals surface area contributed by atoms with E-state index >= 15 is 0 Å². The molecule has 0 saturated carbocycles. The molecule has 0 radical (unpaired) electrons. The second-order valence-electron chi connectivity index (χ2n) is 6.98. The van der Waals surface area contributed by atoms with Crippen LogP contribution in [0.1, 0.15) is 39.0 Å². The second-order valence-corrected chi connectivity index (χ2v) is 6.98. The van der Waals surface area contributed by atoms with E-state index in [0.29, 0.717) is 16.8 Å². The van der Waals surface area contributed by atoms with Crippen molar-refractivity contribution >= 4 is 23.5 Å². The number of anilines is 1. The van der Waals surface area contributed by atoms with E-state index in [4.69, 9.17) is 10.5 Å². The van der Waals surface area contributed by atoms with Crippen LogP contribution in [-0.4, -0.2) is 28.5 Å². The molecule has 0 saturated heterocycles. The molecule has 0 fully saturated rings. The third-order valence-electron chi connectivity index (χ3n) is 4.72. The molecule has 154 valence electrons. The number of amides is 2. The molecule has 7 heteroatoms. The van der Waals surface area contributed by atoms with Crippen LogP contribution in [-0.2, 0) is 9.53 Å². The highest BCUT2D eigenvalue weighted by molar-refractivity contribution is 5.98. The number of aromatic nitrogens is 1. The number of esters is 1. The van der Waals surface area contributed by atoms with E-state index in [9.17, 15) is 14.4 Å². The summed E-state index contributed by atoms with van der Waals surface area (Å²) in [5, 5.41) is 2.63. The highest BCUT2D eigenvalue weighted by Gasteiger charge is 2.19. The first-order valence-corrected chi connectivity index (χ1v) is 9.43. The van der Waals surface area contributed by atoms with Crippen LogP contribution < -0.4 is 11.1 Å². The minimum absolute atomic E-state index is 0.334. The van der Waals surface area contributed by atoms with Crippen LogP contribution in [0.2, 0.25) is 0 Å². The molecule has 3 rings (SSSR count). The highest BCUT2D eigenvalue weighted by Crippen LogP contribution is 2.18. The normalized spacial score (nSPS) is 11.6. The zero-order valence-corrected chi connectivity index (χ0v) is 17.0. The average molecular weight is 405 g/mol. The summed E-state index contributed by atoms with van der Waals surface area (Å²) in [5.74, 6) is -1.62. The summed E-state index contributed by atoms with van der Waals surface area (Å²) in [4.78, 5) is 35.8. The zero-order chi connectivity index (χ0) is 21.8. The van der Waals surface area contributed by atoms with Crippen LogP contribution in [0.15, 0.2) is 60.7 Å². The van der Waals surface area contributed by atoms with E-state index in [-0.39, 0.29) is 0 Å². The third-order valence-corrected chi connectivity index (χ3v) is 4.72. The van der Waals surface area contributed by atoms with Gasteiger partial charge in [-0.05, 0) is 81.4 Å². The number of primary amides is 1. The van der Waals surface area contributed by atoms with Gasteiger partial charge in [-0.25, -0.2) is 4.79 Å². The van der Waals surface area contributed by atoms with Crippen molar-refractivity contribution in [1.82, 2.24) is 4.57 Å². The van der Waals surface area contributed by atoms with E-state index in [0.717, 1.165) is 17.1 Å². The molecule has 30 heavy (non-hydrogen) atoms. The fraction of sp³-hybridized carbons (Fsp3) is 0.174. The second kappa shape index (κ2) is 8.65. The summed E-state index contributed by atoms with van der Waals surface area (Å²) in [5.41, 5.74) is 9.48. The van der Waals surface area contributed by atoms with Crippen LogP contribution in [0.25, 0.3) is 5.69 Å². The molecule has 2 amide bonds. The van der Waals surface area contributed by atoms with Gasteiger partial charge in [0.05, 0.1) is 5.56 Å². The molecule has 1 atom stereocenters. The number of hydrogen-bond donors (Lipinski definition) is 2. The van der Waals surface area contributed by atoms with E-state index in [1.165, 1.54) is 19.1 Å². The van der Waals surface area contributed by atoms with Gasteiger partial charge in [-0.15, -0.1) is 0 Å². The standard InChI is InChI=1S/C23H23N3O4/c1-14-4-5-15(2)26(14)20-12-8-18(9-13-20)23(29)30-16(3)22(28)25-19-10-6-17(7-11-19)21(24)27/h4-13,16H,1-3H3,(H2,24,27)(H,25,28). The summed E-state index contributed by atoms with van der Waals surface area (Å²) < 4.78 is 7.36. The van der Waals surface area contributed by atoms with Crippen molar-refractivity contribution < 1.29 is 19.1 Å². The van der Waals surface area contributed by atoms with Gasteiger partial charge in [-0.2, -0.15) is 0 Å². The number of aryl methyl sites for hydroxylation is 2. The Labute approximate surface area is 174 Å². The Kier molecular flexibility index (Phi) is 6.01.